The van der Waals surface area contributed by atoms with Crippen molar-refractivity contribution in [2.24, 2.45) is 5.73 Å². The van der Waals surface area contributed by atoms with Crippen molar-refractivity contribution in [1.82, 2.24) is 10.3 Å². The van der Waals surface area contributed by atoms with Crippen molar-refractivity contribution >= 4 is 5.91 Å². The van der Waals surface area contributed by atoms with Gasteiger partial charge in [-0.1, -0.05) is 5.16 Å². The van der Waals surface area contributed by atoms with Gasteiger partial charge < -0.3 is 10.8 Å². The van der Waals surface area contributed by atoms with Crippen molar-refractivity contribution in [3.8, 4) is 0 Å². The smallest absolute Gasteiger partial charge is 0.272 e. The zero-order valence-electron chi connectivity index (χ0n) is 5.65. The lowest BCUT2D eigenvalue weighted by molar-refractivity contribution is 0.0990. The van der Waals surface area contributed by atoms with Crippen LogP contribution in [-0.4, -0.2) is 27.9 Å². The summed E-state index contributed by atoms with van der Waals surface area (Å²) in [5.41, 5.74) is 5.18. The molecule has 0 aromatic carbocycles. The third-order valence-corrected chi connectivity index (χ3v) is 1.14. The Morgan fingerprint density at radius 1 is 1.64 bits per heavy atom. The number of hydrogen-bond acceptors (Lipinski definition) is 5. The number of hydrogen-bond donors (Lipinski definition) is 2. The molecular weight excluding hydrogens is 150 g/mol. The van der Waals surface area contributed by atoms with Crippen LogP contribution in [0.15, 0.2) is 4.63 Å². The Labute approximate surface area is 62.0 Å². The van der Waals surface area contributed by atoms with Crippen LogP contribution in [0.4, 0.5) is 0 Å². The van der Waals surface area contributed by atoms with E-state index in [0.29, 0.717) is 5.69 Å². The van der Waals surface area contributed by atoms with E-state index in [1.807, 2.05) is 0 Å². The van der Waals surface area contributed by atoms with Crippen LogP contribution in [0.3, 0.4) is 0 Å². The molecule has 0 unspecified atom stereocenters. The number of nitrogens with zero attached hydrogens (tertiary/aromatic N) is 2. The molecule has 0 spiro atoms. The van der Waals surface area contributed by atoms with Crippen LogP contribution >= 0.6 is 0 Å². The Balaban J connectivity index is 2.87. The van der Waals surface area contributed by atoms with Crippen LogP contribution in [0.25, 0.3) is 0 Å². The van der Waals surface area contributed by atoms with Gasteiger partial charge in [-0.05, 0) is 5.16 Å². The average molecular weight is 157 g/mol. The summed E-state index contributed by atoms with van der Waals surface area (Å²) in [5, 5.41) is 15.1. The Hall–Kier alpha value is -1.43. The highest BCUT2D eigenvalue weighted by molar-refractivity contribution is 5.91. The highest BCUT2D eigenvalue weighted by Gasteiger charge is 2.13. The summed E-state index contributed by atoms with van der Waals surface area (Å²) in [6, 6.07) is 0. The minimum atomic E-state index is -0.699. The summed E-state index contributed by atoms with van der Waals surface area (Å²) < 4.78 is 4.25. The van der Waals surface area contributed by atoms with Crippen LogP contribution in [0, 0.1) is 0 Å². The summed E-state index contributed by atoms with van der Waals surface area (Å²) >= 11 is 0. The Morgan fingerprint density at radius 3 is 2.91 bits per heavy atom. The third kappa shape index (κ3) is 1.53. The van der Waals surface area contributed by atoms with E-state index < -0.39 is 5.91 Å². The predicted molar refractivity (Wildman–Crippen MR) is 33.6 cm³/mol. The third-order valence-electron chi connectivity index (χ3n) is 1.14. The number of aliphatic hydroxyl groups excluding tert-OH is 1. The SMILES string of the molecule is NC(=O)c1nonc1CCO. The van der Waals surface area contributed by atoms with Gasteiger partial charge >= 0.3 is 0 Å². The highest BCUT2D eigenvalue weighted by atomic mass is 16.6. The van der Waals surface area contributed by atoms with Crippen LogP contribution in [0.5, 0.6) is 0 Å². The van der Waals surface area contributed by atoms with Crippen molar-refractivity contribution in [2.75, 3.05) is 6.61 Å². The fraction of sp³-hybridized carbons (Fsp3) is 0.400. The molecule has 60 valence electrons. The normalized spacial score (nSPS) is 9.91. The van der Waals surface area contributed by atoms with Crippen molar-refractivity contribution in [3.05, 3.63) is 11.4 Å². The monoisotopic (exact) mass is 157 g/mol. The van der Waals surface area contributed by atoms with Gasteiger partial charge in [-0.15, -0.1) is 0 Å². The number of carbonyl (C=O) groups excluding carboxylic acids is 1. The first-order chi connectivity index (χ1) is 5.25. The first-order valence-corrected chi connectivity index (χ1v) is 2.97. The molecule has 1 rings (SSSR count). The van der Waals surface area contributed by atoms with Gasteiger partial charge in [0, 0.05) is 13.0 Å². The van der Waals surface area contributed by atoms with Crippen LogP contribution in [-0.2, 0) is 6.42 Å². The quantitative estimate of drug-likeness (QED) is 0.567. The summed E-state index contributed by atoms with van der Waals surface area (Å²) in [7, 11) is 0. The van der Waals surface area contributed by atoms with Crippen molar-refractivity contribution < 1.29 is 14.5 Å². The minimum absolute atomic E-state index is 0.0148. The van der Waals surface area contributed by atoms with Gasteiger partial charge in [0.1, 0.15) is 5.69 Å². The molecule has 0 bridgehead atoms. The lowest BCUT2D eigenvalue weighted by Gasteiger charge is -1.89. The lowest BCUT2D eigenvalue weighted by atomic mass is 10.2. The van der Waals surface area contributed by atoms with E-state index in [1.165, 1.54) is 0 Å². The zero-order chi connectivity index (χ0) is 8.27. The molecule has 1 amide bonds. The van der Waals surface area contributed by atoms with Crippen molar-refractivity contribution in [3.63, 3.8) is 0 Å². The van der Waals surface area contributed by atoms with Gasteiger partial charge in [0.05, 0.1) is 0 Å². The standard InChI is InChI=1S/C5H7N3O3/c6-5(10)4-3(1-2-9)7-11-8-4/h9H,1-2H2,(H2,6,10). The summed E-state index contributed by atoms with van der Waals surface area (Å²) in [4.78, 5) is 10.5. The summed E-state index contributed by atoms with van der Waals surface area (Å²) in [6.45, 7) is -0.117. The average Bonchev–Trinajstić information content (AvgIpc) is 2.36. The maximum atomic E-state index is 10.5. The maximum Gasteiger partial charge on any atom is 0.272 e. The lowest BCUT2D eigenvalue weighted by Crippen LogP contribution is -2.14. The fourth-order valence-electron chi connectivity index (χ4n) is 0.664. The highest BCUT2D eigenvalue weighted by Crippen LogP contribution is 2.01. The zero-order valence-corrected chi connectivity index (χ0v) is 5.65. The molecule has 0 aliphatic rings. The van der Waals surface area contributed by atoms with Gasteiger partial charge in [0.2, 0.25) is 0 Å². The molecule has 11 heavy (non-hydrogen) atoms. The van der Waals surface area contributed by atoms with E-state index in [1.54, 1.807) is 0 Å². The summed E-state index contributed by atoms with van der Waals surface area (Å²) in [5.74, 6) is -0.699. The second-order valence-corrected chi connectivity index (χ2v) is 1.90. The molecule has 0 aliphatic carbocycles. The van der Waals surface area contributed by atoms with Crippen molar-refractivity contribution in [2.45, 2.75) is 6.42 Å². The molecule has 3 N–H and O–H groups in total. The van der Waals surface area contributed by atoms with Gasteiger partial charge in [0.25, 0.3) is 5.91 Å². The van der Waals surface area contributed by atoms with E-state index in [4.69, 9.17) is 10.8 Å². The second kappa shape index (κ2) is 3.11. The number of amides is 1. The predicted octanol–water partition coefficient (Wildman–Crippen LogP) is -1.30. The molecule has 1 heterocycles. The molecule has 0 atom stereocenters. The van der Waals surface area contributed by atoms with Gasteiger partial charge in [-0.25, -0.2) is 4.63 Å². The maximum absolute atomic E-state index is 10.5. The summed E-state index contributed by atoms with van der Waals surface area (Å²) in [6.07, 6.45) is 0.224. The fourth-order valence-corrected chi connectivity index (χ4v) is 0.664. The Kier molecular flexibility index (Phi) is 2.17. The van der Waals surface area contributed by atoms with Gasteiger partial charge in [-0.2, -0.15) is 0 Å². The molecule has 1 aromatic heterocycles. The molecule has 6 heteroatoms. The Morgan fingerprint density at radius 2 is 2.36 bits per heavy atom. The molecule has 0 saturated carbocycles. The largest absolute Gasteiger partial charge is 0.396 e. The molecule has 0 aliphatic heterocycles. The first kappa shape index (κ1) is 7.67. The molecular formula is C5H7N3O3. The molecule has 0 saturated heterocycles. The molecule has 0 fully saturated rings. The number of aromatic nitrogens is 2. The molecule has 0 radical (unpaired) electrons. The number of aliphatic hydroxyl groups is 1. The topological polar surface area (TPSA) is 102 Å². The van der Waals surface area contributed by atoms with Gasteiger partial charge in [-0.3, -0.25) is 4.79 Å². The second-order valence-electron chi connectivity index (χ2n) is 1.90. The van der Waals surface area contributed by atoms with E-state index in [2.05, 4.69) is 14.9 Å². The van der Waals surface area contributed by atoms with Crippen molar-refractivity contribution in [1.29, 1.82) is 0 Å². The molecule has 6 nitrogen and oxygen atoms in total. The van der Waals surface area contributed by atoms with Crippen LogP contribution in [0.2, 0.25) is 0 Å². The Bertz CT molecular complexity index is 257. The van der Waals surface area contributed by atoms with E-state index in [9.17, 15) is 4.79 Å². The minimum Gasteiger partial charge on any atom is -0.396 e. The number of carbonyl (C=O) groups is 1. The first-order valence-electron chi connectivity index (χ1n) is 2.97. The van der Waals surface area contributed by atoms with Crippen LogP contribution in [0.1, 0.15) is 16.2 Å². The van der Waals surface area contributed by atoms with Crippen LogP contribution < -0.4 is 5.73 Å². The number of nitrogens with two attached hydrogens (primary N) is 1. The van der Waals surface area contributed by atoms with E-state index >= 15 is 0 Å². The van der Waals surface area contributed by atoms with E-state index in [0.717, 1.165) is 0 Å². The number of rotatable bonds is 3. The van der Waals surface area contributed by atoms with E-state index in [-0.39, 0.29) is 18.7 Å². The van der Waals surface area contributed by atoms with Gasteiger partial charge in [0.15, 0.2) is 5.69 Å². The number of primary amides is 1. The molecule has 1 aromatic rings.